The topological polar surface area (TPSA) is 79.2 Å². The molecule has 0 aromatic heterocycles. The molecule has 1 saturated heterocycles. The minimum atomic E-state index is -1.00. The maximum atomic E-state index is 9.86. The van der Waals surface area contributed by atoms with Gasteiger partial charge in [0.15, 0.2) is 0 Å². The van der Waals surface area contributed by atoms with Gasteiger partial charge in [-0.15, -0.1) is 0 Å². The molecule has 0 spiro atoms. The van der Waals surface area contributed by atoms with Crippen molar-refractivity contribution >= 4 is 0 Å². The van der Waals surface area contributed by atoms with E-state index in [1.54, 1.807) is 0 Å². The summed E-state index contributed by atoms with van der Waals surface area (Å²) in [5.41, 5.74) is 0. The Morgan fingerprint density at radius 3 is 2.27 bits per heavy atom. The van der Waals surface area contributed by atoms with Crippen molar-refractivity contribution in [3.05, 3.63) is 12.2 Å². The smallest absolute Gasteiger partial charge is 0.114 e. The number of allylic oxidation sites excluding steroid dienone is 2. The average molecular weight is 373 g/mol. The molecular formula is C21H40O5. The fourth-order valence-electron chi connectivity index (χ4n) is 3.30. The van der Waals surface area contributed by atoms with Crippen molar-refractivity contribution in [2.45, 2.75) is 102 Å². The van der Waals surface area contributed by atoms with Crippen LogP contribution in [-0.2, 0) is 9.47 Å². The van der Waals surface area contributed by atoms with E-state index in [9.17, 15) is 10.2 Å². The summed E-state index contributed by atoms with van der Waals surface area (Å²) in [5, 5.41) is 28.6. The number of aliphatic hydroxyl groups excluding tert-OH is 3. The van der Waals surface area contributed by atoms with Crippen molar-refractivity contribution in [3.63, 3.8) is 0 Å². The molecule has 1 fully saturated rings. The van der Waals surface area contributed by atoms with E-state index in [0.717, 1.165) is 12.8 Å². The molecule has 1 aliphatic heterocycles. The molecule has 4 atom stereocenters. The van der Waals surface area contributed by atoms with Gasteiger partial charge in [0.05, 0.1) is 13.2 Å². The molecule has 0 aromatic rings. The summed E-state index contributed by atoms with van der Waals surface area (Å²) in [6.07, 6.45) is 15.2. The molecule has 1 aliphatic rings. The van der Waals surface area contributed by atoms with Crippen molar-refractivity contribution in [1.29, 1.82) is 0 Å². The van der Waals surface area contributed by atoms with Crippen LogP contribution in [0.5, 0.6) is 0 Å². The standard InChI is InChI=1S/C21H40O5/c1-2-3-4-5-6-7-8-9-10-11-12-13-14-15-25-21-19(24)17-26-20(21)18(23)16-22/h7-8,18-24H,2-6,9-17H2,1H3/b8-7+/t18-,19+,20+,21+/m1/s1. The molecule has 154 valence electrons. The Hall–Kier alpha value is -0.460. The van der Waals surface area contributed by atoms with Crippen LogP contribution in [0.1, 0.15) is 77.6 Å². The number of unbranched alkanes of at least 4 members (excludes halogenated alkanes) is 9. The highest BCUT2D eigenvalue weighted by molar-refractivity contribution is 4.89. The zero-order valence-electron chi connectivity index (χ0n) is 16.5. The Labute approximate surface area is 159 Å². The summed E-state index contributed by atoms with van der Waals surface area (Å²) in [6.45, 7) is 2.56. The molecule has 0 aliphatic carbocycles. The Morgan fingerprint density at radius 1 is 1.00 bits per heavy atom. The first kappa shape index (κ1) is 23.6. The molecule has 0 aromatic carbocycles. The van der Waals surface area contributed by atoms with E-state index in [1.807, 2.05) is 0 Å². The monoisotopic (exact) mass is 372 g/mol. The van der Waals surface area contributed by atoms with Crippen LogP contribution >= 0.6 is 0 Å². The van der Waals surface area contributed by atoms with Crippen molar-refractivity contribution in [2.75, 3.05) is 19.8 Å². The number of hydrogen-bond acceptors (Lipinski definition) is 5. The van der Waals surface area contributed by atoms with Gasteiger partial charge in [0.2, 0.25) is 0 Å². The zero-order chi connectivity index (χ0) is 19.0. The van der Waals surface area contributed by atoms with Gasteiger partial charge in [0, 0.05) is 6.61 Å². The molecule has 5 nitrogen and oxygen atoms in total. The molecule has 1 heterocycles. The molecule has 5 heteroatoms. The van der Waals surface area contributed by atoms with Gasteiger partial charge in [-0.3, -0.25) is 0 Å². The third-order valence-electron chi connectivity index (χ3n) is 4.95. The van der Waals surface area contributed by atoms with Crippen molar-refractivity contribution in [1.82, 2.24) is 0 Å². The minimum absolute atomic E-state index is 0.151. The molecule has 0 unspecified atom stereocenters. The van der Waals surface area contributed by atoms with Gasteiger partial charge in [0.1, 0.15) is 24.4 Å². The fraction of sp³-hybridized carbons (Fsp3) is 0.905. The molecule has 1 rings (SSSR count). The largest absolute Gasteiger partial charge is 0.394 e. The van der Waals surface area contributed by atoms with Crippen LogP contribution in [0.25, 0.3) is 0 Å². The Balaban J connectivity index is 1.93. The molecule has 0 bridgehead atoms. The van der Waals surface area contributed by atoms with Crippen LogP contribution in [0.2, 0.25) is 0 Å². The van der Waals surface area contributed by atoms with Gasteiger partial charge in [-0.1, -0.05) is 57.6 Å². The minimum Gasteiger partial charge on any atom is -0.394 e. The molecule has 0 radical (unpaired) electrons. The summed E-state index contributed by atoms with van der Waals surface area (Å²) < 4.78 is 11.0. The van der Waals surface area contributed by atoms with E-state index in [1.165, 1.54) is 57.8 Å². The van der Waals surface area contributed by atoms with Crippen LogP contribution in [0.3, 0.4) is 0 Å². The Kier molecular flexibility index (Phi) is 14.1. The highest BCUT2D eigenvalue weighted by Crippen LogP contribution is 2.21. The maximum Gasteiger partial charge on any atom is 0.114 e. The van der Waals surface area contributed by atoms with E-state index < -0.39 is 24.4 Å². The molecule has 0 saturated carbocycles. The third-order valence-corrected chi connectivity index (χ3v) is 4.95. The second-order valence-electron chi connectivity index (χ2n) is 7.33. The van der Waals surface area contributed by atoms with Crippen LogP contribution in [0.4, 0.5) is 0 Å². The van der Waals surface area contributed by atoms with E-state index in [0.29, 0.717) is 6.61 Å². The van der Waals surface area contributed by atoms with Crippen LogP contribution < -0.4 is 0 Å². The summed E-state index contributed by atoms with van der Waals surface area (Å²) >= 11 is 0. The maximum absolute atomic E-state index is 9.86. The highest BCUT2D eigenvalue weighted by atomic mass is 16.6. The van der Waals surface area contributed by atoms with Gasteiger partial charge in [-0.25, -0.2) is 0 Å². The lowest BCUT2D eigenvalue weighted by Crippen LogP contribution is -2.42. The predicted octanol–water partition coefficient (Wildman–Crippen LogP) is 3.35. The van der Waals surface area contributed by atoms with Crippen molar-refractivity contribution < 1.29 is 24.8 Å². The normalized spacial score (nSPS) is 24.5. The van der Waals surface area contributed by atoms with Crippen LogP contribution in [-0.4, -0.2) is 59.6 Å². The van der Waals surface area contributed by atoms with E-state index in [2.05, 4.69) is 19.1 Å². The summed E-state index contributed by atoms with van der Waals surface area (Å²) in [7, 11) is 0. The lowest BCUT2D eigenvalue weighted by atomic mass is 10.1. The van der Waals surface area contributed by atoms with Crippen LogP contribution in [0.15, 0.2) is 12.2 Å². The first-order valence-electron chi connectivity index (χ1n) is 10.6. The van der Waals surface area contributed by atoms with Gasteiger partial charge in [-0.05, 0) is 32.1 Å². The first-order valence-corrected chi connectivity index (χ1v) is 10.6. The van der Waals surface area contributed by atoms with E-state index >= 15 is 0 Å². The van der Waals surface area contributed by atoms with Gasteiger partial charge < -0.3 is 24.8 Å². The molecule has 3 N–H and O–H groups in total. The Bertz CT molecular complexity index is 347. The second-order valence-corrected chi connectivity index (χ2v) is 7.33. The molecule has 0 amide bonds. The van der Waals surface area contributed by atoms with Gasteiger partial charge >= 0.3 is 0 Å². The molecular weight excluding hydrogens is 332 g/mol. The average Bonchev–Trinajstić information content (AvgIpc) is 3.02. The lowest BCUT2D eigenvalue weighted by molar-refractivity contribution is -0.0938. The van der Waals surface area contributed by atoms with Crippen molar-refractivity contribution in [2.24, 2.45) is 0 Å². The molecule has 26 heavy (non-hydrogen) atoms. The quantitative estimate of drug-likeness (QED) is 0.286. The zero-order valence-corrected chi connectivity index (χ0v) is 16.5. The SMILES string of the molecule is CCCCCC/C=C/CCCCCCCO[C@@H]1[C@H]([C@H](O)CO)OC[C@@H]1O. The number of aliphatic hydroxyl groups is 3. The summed E-state index contributed by atoms with van der Waals surface area (Å²) in [5.74, 6) is 0. The van der Waals surface area contributed by atoms with Crippen LogP contribution in [0, 0.1) is 0 Å². The fourth-order valence-corrected chi connectivity index (χ4v) is 3.30. The first-order chi connectivity index (χ1) is 12.7. The van der Waals surface area contributed by atoms with E-state index in [4.69, 9.17) is 14.6 Å². The number of rotatable bonds is 16. The predicted molar refractivity (Wildman–Crippen MR) is 104 cm³/mol. The second kappa shape index (κ2) is 15.6. The van der Waals surface area contributed by atoms with Gasteiger partial charge in [-0.2, -0.15) is 0 Å². The number of hydrogen-bond donors (Lipinski definition) is 3. The third kappa shape index (κ3) is 10.0. The highest BCUT2D eigenvalue weighted by Gasteiger charge is 2.40. The summed E-state index contributed by atoms with van der Waals surface area (Å²) in [4.78, 5) is 0. The van der Waals surface area contributed by atoms with Crippen molar-refractivity contribution in [3.8, 4) is 0 Å². The Morgan fingerprint density at radius 2 is 1.62 bits per heavy atom. The van der Waals surface area contributed by atoms with Gasteiger partial charge in [0.25, 0.3) is 0 Å². The number of ether oxygens (including phenoxy) is 2. The van der Waals surface area contributed by atoms with E-state index in [-0.39, 0.29) is 13.2 Å². The summed E-state index contributed by atoms with van der Waals surface area (Å²) in [6, 6.07) is 0. The lowest BCUT2D eigenvalue weighted by Gasteiger charge is -2.23.